The summed E-state index contributed by atoms with van der Waals surface area (Å²) < 4.78 is 17.9. The van der Waals surface area contributed by atoms with Crippen LogP contribution < -0.4 is 4.74 Å². The van der Waals surface area contributed by atoms with Gasteiger partial charge in [-0.1, -0.05) is 17.9 Å². The summed E-state index contributed by atoms with van der Waals surface area (Å²) in [5.74, 6) is 5.32. The van der Waals surface area contributed by atoms with Crippen molar-refractivity contribution in [3.05, 3.63) is 29.6 Å². The van der Waals surface area contributed by atoms with Crippen LogP contribution in [0.15, 0.2) is 18.2 Å². The summed E-state index contributed by atoms with van der Waals surface area (Å²) in [7, 11) is 1.41. The standard InChI is InChI=1S/C10H8ClFO/c1-13-10-8(5-3-7-11)4-2-6-9(10)12/h2,4,6H,7H2,1H3. The molecule has 68 valence electrons. The first-order valence-electron chi connectivity index (χ1n) is 3.67. The zero-order valence-electron chi connectivity index (χ0n) is 7.10. The summed E-state index contributed by atoms with van der Waals surface area (Å²) in [6.45, 7) is 0. The van der Waals surface area contributed by atoms with Crippen molar-refractivity contribution in [1.29, 1.82) is 0 Å². The van der Waals surface area contributed by atoms with Gasteiger partial charge in [-0.2, -0.15) is 0 Å². The lowest BCUT2D eigenvalue weighted by atomic mass is 10.2. The smallest absolute Gasteiger partial charge is 0.170 e. The summed E-state index contributed by atoms with van der Waals surface area (Å²) in [5.41, 5.74) is 0.517. The third-order valence-corrected chi connectivity index (χ3v) is 1.59. The van der Waals surface area contributed by atoms with Crippen molar-refractivity contribution in [3.8, 4) is 17.6 Å². The van der Waals surface area contributed by atoms with Gasteiger partial charge in [0.2, 0.25) is 0 Å². The van der Waals surface area contributed by atoms with Gasteiger partial charge in [0, 0.05) is 0 Å². The van der Waals surface area contributed by atoms with Crippen molar-refractivity contribution in [2.24, 2.45) is 0 Å². The molecule has 0 amide bonds. The van der Waals surface area contributed by atoms with Crippen molar-refractivity contribution >= 4 is 11.6 Å². The molecule has 0 aliphatic heterocycles. The Balaban J connectivity index is 3.12. The SMILES string of the molecule is COc1c(F)cccc1C#CCCl. The number of hydrogen-bond donors (Lipinski definition) is 0. The lowest BCUT2D eigenvalue weighted by Gasteiger charge is -2.02. The highest BCUT2D eigenvalue weighted by atomic mass is 35.5. The van der Waals surface area contributed by atoms with Crippen LogP contribution in [0.2, 0.25) is 0 Å². The van der Waals surface area contributed by atoms with Crippen molar-refractivity contribution in [3.63, 3.8) is 0 Å². The molecule has 0 aliphatic carbocycles. The Morgan fingerprint density at radius 3 is 2.92 bits per heavy atom. The highest BCUT2D eigenvalue weighted by Crippen LogP contribution is 2.20. The normalized spacial score (nSPS) is 8.85. The minimum absolute atomic E-state index is 0.167. The summed E-state index contributed by atoms with van der Waals surface area (Å²) in [4.78, 5) is 0. The number of para-hydroxylation sites is 1. The van der Waals surface area contributed by atoms with Gasteiger partial charge in [0.1, 0.15) is 0 Å². The Kier molecular flexibility index (Phi) is 3.60. The molecule has 0 aliphatic rings. The van der Waals surface area contributed by atoms with Gasteiger partial charge in [-0.3, -0.25) is 0 Å². The van der Waals surface area contributed by atoms with Crippen molar-refractivity contribution in [2.75, 3.05) is 13.0 Å². The number of halogens is 2. The highest BCUT2D eigenvalue weighted by Gasteiger charge is 2.05. The number of alkyl halides is 1. The Bertz CT molecular complexity index is 352. The van der Waals surface area contributed by atoms with Gasteiger partial charge in [0.15, 0.2) is 11.6 Å². The first-order valence-corrected chi connectivity index (χ1v) is 4.20. The fourth-order valence-corrected chi connectivity index (χ4v) is 1.01. The average Bonchev–Trinajstić information content (AvgIpc) is 2.15. The zero-order chi connectivity index (χ0) is 9.68. The molecule has 0 fully saturated rings. The van der Waals surface area contributed by atoms with Gasteiger partial charge in [-0.15, -0.1) is 11.6 Å². The van der Waals surface area contributed by atoms with E-state index in [0.717, 1.165) is 0 Å². The number of ether oxygens (including phenoxy) is 1. The van der Waals surface area contributed by atoms with Crippen LogP contribution in [0.3, 0.4) is 0 Å². The van der Waals surface area contributed by atoms with Crippen LogP contribution in [0.1, 0.15) is 5.56 Å². The molecule has 13 heavy (non-hydrogen) atoms. The summed E-state index contributed by atoms with van der Waals surface area (Å²) >= 11 is 5.38. The number of benzene rings is 1. The minimum atomic E-state index is -0.413. The molecular weight excluding hydrogens is 191 g/mol. The highest BCUT2D eigenvalue weighted by molar-refractivity contribution is 6.19. The molecule has 0 heterocycles. The summed E-state index contributed by atoms with van der Waals surface area (Å²) in [6, 6.07) is 4.59. The molecule has 0 atom stereocenters. The van der Waals surface area contributed by atoms with E-state index in [9.17, 15) is 4.39 Å². The molecule has 0 bridgehead atoms. The molecule has 1 rings (SSSR count). The van der Waals surface area contributed by atoms with Crippen LogP contribution in [-0.4, -0.2) is 13.0 Å². The molecule has 3 heteroatoms. The summed E-state index contributed by atoms with van der Waals surface area (Å²) in [5, 5.41) is 0. The van der Waals surface area contributed by atoms with E-state index in [4.69, 9.17) is 16.3 Å². The molecule has 0 saturated carbocycles. The Hall–Kier alpha value is -1.20. The molecular formula is C10H8ClFO. The second-order valence-corrected chi connectivity index (χ2v) is 2.52. The van der Waals surface area contributed by atoms with Crippen LogP contribution in [0.5, 0.6) is 5.75 Å². The fraction of sp³-hybridized carbons (Fsp3) is 0.200. The van der Waals surface area contributed by atoms with E-state index in [1.807, 2.05) is 0 Å². The number of hydrogen-bond acceptors (Lipinski definition) is 1. The third kappa shape index (κ3) is 2.37. The van der Waals surface area contributed by atoms with Crippen molar-refractivity contribution in [2.45, 2.75) is 0 Å². The van der Waals surface area contributed by atoms with Crippen molar-refractivity contribution < 1.29 is 9.13 Å². The van der Waals surface area contributed by atoms with E-state index in [0.29, 0.717) is 5.56 Å². The van der Waals surface area contributed by atoms with Crippen molar-refractivity contribution in [1.82, 2.24) is 0 Å². The van der Waals surface area contributed by atoms with Gasteiger partial charge in [0.25, 0.3) is 0 Å². The molecule has 0 aromatic heterocycles. The molecule has 0 unspecified atom stereocenters. The maximum atomic E-state index is 13.1. The predicted molar refractivity (Wildman–Crippen MR) is 50.6 cm³/mol. The number of rotatable bonds is 1. The third-order valence-electron chi connectivity index (χ3n) is 1.46. The lowest BCUT2D eigenvalue weighted by molar-refractivity contribution is 0.385. The van der Waals surface area contributed by atoms with Gasteiger partial charge in [-0.05, 0) is 12.1 Å². The molecule has 0 N–H and O–H groups in total. The monoisotopic (exact) mass is 198 g/mol. The Morgan fingerprint density at radius 2 is 2.31 bits per heavy atom. The van der Waals surface area contributed by atoms with Crippen LogP contribution >= 0.6 is 11.6 Å². The number of methoxy groups -OCH3 is 1. The van der Waals surface area contributed by atoms with Crippen LogP contribution in [0.25, 0.3) is 0 Å². The van der Waals surface area contributed by atoms with Gasteiger partial charge in [0.05, 0.1) is 18.6 Å². The second-order valence-electron chi connectivity index (χ2n) is 2.26. The van der Waals surface area contributed by atoms with Gasteiger partial charge >= 0.3 is 0 Å². The van der Waals surface area contributed by atoms with Crippen LogP contribution in [0.4, 0.5) is 4.39 Å². The molecule has 1 nitrogen and oxygen atoms in total. The molecule has 1 aromatic rings. The van der Waals surface area contributed by atoms with E-state index in [-0.39, 0.29) is 11.6 Å². The maximum absolute atomic E-state index is 13.1. The van der Waals surface area contributed by atoms with E-state index in [1.165, 1.54) is 13.2 Å². The average molecular weight is 199 g/mol. The maximum Gasteiger partial charge on any atom is 0.170 e. The quantitative estimate of drug-likeness (QED) is 0.498. The lowest BCUT2D eigenvalue weighted by Crippen LogP contribution is -1.91. The molecule has 0 saturated heterocycles. The van der Waals surface area contributed by atoms with Gasteiger partial charge in [-0.25, -0.2) is 4.39 Å². The second kappa shape index (κ2) is 4.74. The molecule has 0 spiro atoms. The Labute approximate surface area is 81.5 Å². The largest absolute Gasteiger partial charge is 0.492 e. The zero-order valence-corrected chi connectivity index (χ0v) is 7.86. The first kappa shape index (κ1) is 9.88. The topological polar surface area (TPSA) is 9.23 Å². The fourth-order valence-electron chi connectivity index (χ4n) is 0.943. The summed E-state index contributed by atoms with van der Waals surface area (Å²) in [6.07, 6.45) is 0. The predicted octanol–water partition coefficient (Wildman–Crippen LogP) is 2.42. The first-order chi connectivity index (χ1) is 6.29. The molecule has 1 aromatic carbocycles. The Morgan fingerprint density at radius 1 is 1.54 bits per heavy atom. The van der Waals surface area contributed by atoms with E-state index in [2.05, 4.69) is 11.8 Å². The minimum Gasteiger partial charge on any atom is -0.492 e. The van der Waals surface area contributed by atoms with Gasteiger partial charge < -0.3 is 4.74 Å². The molecule has 0 radical (unpaired) electrons. The van der Waals surface area contributed by atoms with Crippen LogP contribution in [0, 0.1) is 17.7 Å². The van der Waals surface area contributed by atoms with E-state index < -0.39 is 5.82 Å². The van der Waals surface area contributed by atoms with Crippen LogP contribution in [-0.2, 0) is 0 Å². The van der Waals surface area contributed by atoms with E-state index >= 15 is 0 Å². The van der Waals surface area contributed by atoms with E-state index in [1.54, 1.807) is 12.1 Å².